The first-order chi connectivity index (χ1) is 13.8. The average molecular weight is 397 g/mol. The summed E-state index contributed by atoms with van der Waals surface area (Å²) in [6.45, 7) is 1.21. The summed E-state index contributed by atoms with van der Waals surface area (Å²) in [5.41, 5.74) is 2.11. The number of carbonyl (C=O) groups excluding carboxylic acids is 2. The van der Waals surface area contributed by atoms with Gasteiger partial charge in [-0.3, -0.25) is 25.1 Å². The maximum Gasteiger partial charge on any atom is 0.344 e. The third-order valence-corrected chi connectivity index (χ3v) is 4.07. The second-order valence-corrected chi connectivity index (χ2v) is 6.03. The average Bonchev–Trinajstić information content (AvgIpc) is 2.97. The Morgan fingerprint density at radius 1 is 1.21 bits per heavy atom. The molecule has 2 aromatic carbocycles. The van der Waals surface area contributed by atoms with Crippen LogP contribution in [0.4, 0.5) is 11.4 Å². The number of hydrazine groups is 1. The fourth-order valence-electron chi connectivity index (χ4n) is 2.63. The lowest BCUT2D eigenvalue weighted by Crippen LogP contribution is -2.35. The molecule has 2 aromatic rings. The molecule has 0 radical (unpaired) electrons. The summed E-state index contributed by atoms with van der Waals surface area (Å²) in [4.78, 5) is 46.7. The van der Waals surface area contributed by atoms with Gasteiger partial charge < -0.3 is 9.84 Å². The van der Waals surface area contributed by atoms with E-state index in [-0.39, 0.29) is 16.9 Å². The van der Waals surface area contributed by atoms with Gasteiger partial charge in [0.05, 0.1) is 10.6 Å². The van der Waals surface area contributed by atoms with Gasteiger partial charge in [0.1, 0.15) is 5.57 Å². The predicted molar refractivity (Wildman–Crippen MR) is 101 cm³/mol. The Morgan fingerprint density at radius 2 is 1.90 bits per heavy atom. The monoisotopic (exact) mass is 397 g/mol. The van der Waals surface area contributed by atoms with E-state index < -0.39 is 34.5 Å². The minimum Gasteiger partial charge on any atom is -0.479 e. The van der Waals surface area contributed by atoms with Gasteiger partial charge in [-0.15, -0.1) is 0 Å². The van der Waals surface area contributed by atoms with Gasteiger partial charge in [-0.2, -0.15) is 0 Å². The van der Waals surface area contributed by atoms with E-state index >= 15 is 0 Å². The van der Waals surface area contributed by atoms with Gasteiger partial charge in [0.25, 0.3) is 11.8 Å². The van der Waals surface area contributed by atoms with E-state index in [4.69, 9.17) is 9.84 Å². The van der Waals surface area contributed by atoms with Crippen LogP contribution in [0.1, 0.15) is 12.5 Å². The highest BCUT2D eigenvalue weighted by Gasteiger charge is 2.35. The molecule has 0 aliphatic carbocycles. The fraction of sp³-hybridized carbons (Fsp3) is 0.105. The van der Waals surface area contributed by atoms with Crippen molar-refractivity contribution in [2.75, 3.05) is 5.01 Å². The molecular formula is C19H15N3O7. The maximum atomic E-state index is 12.7. The molecule has 1 atom stereocenters. The highest BCUT2D eigenvalue weighted by molar-refractivity contribution is 6.31. The summed E-state index contributed by atoms with van der Waals surface area (Å²) in [5, 5.41) is 21.4. The minimum absolute atomic E-state index is 0.0284. The van der Waals surface area contributed by atoms with E-state index in [0.29, 0.717) is 5.69 Å². The Morgan fingerprint density at radius 3 is 2.52 bits per heavy atom. The summed E-state index contributed by atoms with van der Waals surface area (Å²) >= 11 is 0. The van der Waals surface area contributed by atoms with Gasteiger partial charge in [-0.05, 0) is 25.1 Å². The van der Waals surface area contributed by atoms with Crippen LogP contribution >= 0.6 is 0 Å². The number of amides is 2. The molecule has 0 aromatic heterocycles. The van der Waals surface area contributed by atoms with Gasteiger partial charge >= 0.3 is 11.7 Å². The number of carbonyl (C=O) groups is 3. The van der Waals surface area contributed by atoms with Gasteiger partial charge in [0.2, 0.25) is 5.75 Å². The second-order valence-electron chi connectivity index (χ2n) is 6.03. The molecule has 1 heterocycles. The summed E-state index contributed by atoms with van der Waals surface area (Å²) in [6, 6.07) is 12.2. The van der Waals surface area contributed by atoms with E-state index in [1.807, 2.05) is 0 Å². The van der Waals surface area contributed by atoms with Crippen molar-refractivity contribution in [3.8, 4) is 5.75 Å². The van der Waals surface area contributed by atoms with Gasteiger partial charge in [-0.1, -0.05) is 30.3 Å². The van der Waals surface area contributed by atoms with Crippen molar-refractivity contribution in [3.05, 3.63) is 69.8 Å². The van der Waals surface area contributed by atoms with Crippen LogP contribution in [-0.4, -0.2) is 33.9 Å². The molecule has 1 saturated heterocycles. The van der Waals surface area contributed by atoms with E-state index in [9.17, 15) is 24.5 Å². The number of hydrogen-bond donors (Lipinski definition) is 2. The Hall–Kier alpha value is -4.21. The SMILES string of the molecule is CC(Oc1c(C=C2C(=O)NN(c3ccccc3)C2=O)cccc1[N+](=O)[O-])C(=O)O. The fourth-order valence-corrected chi connectivity index (χ4v) is 2.63. The van der Waals surface area contributed by atoms with Gasteiger partial charge in [0.15, 0.2) is 6.10 Å². The number of aliphatic carboxylic acids is 1. The number of rotatable bonds is 6. The number of anilines is 1. The summed E-state index contributed by atoms with van der Waals surface area (Å²) in [7, 11) is 0. The summed E-state index contributed by atoms with van der Waals surface area (Å²) in [6.07, 6.45) is -0.250. The van der Waals surface area contributed by atoms with Crippen LogP contribution in [0.25, 0.3) is 6.08 Å². The lowest BCUT2D eigenvalue weighted by Gasteiger charge is -2.14. The predicted octanol–water partition coefficient (Wildman–Crippen LogP) is 1.91. The normalized spacial score (nSPS) is 15.9. The molecule has 2 N–H and O–H groups in total. The molecule has 10 heteroatoms. The van der Waals surface area contributed by atoms with Gasteiger partial charge in [0, 0.05) is 11.6 Å². The molecule has 0 spiro atoms. The number of carboxylic acid groups (broad SMARTS) is 1. The Kier molecular flexibility index (Phi) is 5.26. The van der Waals surface area contributed by atoms with Crippen molar-refractivity contribution in [1.29, 1.82) is 0 Å². The number of carboxylic acids is 1. The third-order valence-electron chi connectivity index (χ3n) is 4.07. The molecule has 10 nitrogen and oxygen atoms in total. The van der Waals surface area contributed by atoms with Crippen molar-refractivity contribution in [2.45, 2.75) is 13.0 Å². The zero-order valence-corrected chi connectivity index (χ0v) is 15.1. The smallest absolute Gasteiger partial charge is 0.344 e. The highest BCUT2D eigenvalue weighted by atomic mass is 16.6. The Balaban J connectivity index is 2.04. The zero-order chi connectivity index (χ0) is 21.1. The first-order valence-electron chi connectivity index (χ1n) is 8.38. The molecule has 1 aliphatic heterocycles. The van der Waals surface area contributed by atoms with Crippen molar-refractivity contribution in [1.82, 2.24) is 5.43 Å². The number of nitrogens with one attached hydrogen (secondary N) is 1. The van der Waals surface area contributed by atoms with E-state index in [2.05, 4.69) is 5.43 Å². The number of nitrogens with zero attached hydrogens (tertiary/aromatic N) is 2. The molecule has 2 amide bonds. The van der Waals surface area contributed by atoms with Crippen LogP contribution in [-0.2, 0) is 14.4 Å². The summed E-state index contributed by atoms with van der Waals surface area (Å²) < 4.78 is 5.25. The van der Waals surface area contributed by atoms with Crippen LogP contribution in [0, 0.1) is 10.1 Å². The molecule has 1 unspecified atom stereocenters. The molecular weight excluding hydrogens is 382 g/mol. The first-order valence-corrected chi connectivity index (χ1v) is 8.38. The van der Waals surface area contributed by atoms with Crippen molar-refractivity contribution in [3.63, 3.8) is 0 Å². The molecule has 29 heavy (non-hydrogen) atoms. The van der Waals surface area contributed by atoms with Crippen molar-refractivity contribution < 1.29 is 29.2 Å². The second kappa shape index (κ2) is 7.80. The number of benzene rings is 2. The zero-order valence-electron chi connectivity index (χ0n) is 15.1. The van der Waals surface area contributed by atoms with Crippen LogP contribution in [0.5, 0.6) is 5.75 Å². The number of nitro groups is 1. The molecule has 3 rings (SSSR count). The Bertz CT molecular complexity index is 1030. The van der Waals surface area contributed by atoms with Crippen molar-refractivity contribution >= 4 is 35.2 Å². The third kappa shape index (κ3) is 3.90. The molecule has 0 saturated carbocycles. The van der Waals surface area contributed by atoms with Crippen LogP contribution in [0.2, 0.25) is 0 Å². The molecule has 1 aliphatic rings. The molecule has 148 valence electrons. The number of ether oxygens (including phenoxy) is 1. The maximum absolute atomic E-state index is 12.7. The number of nitro benzene ring substituents is 1. The molecule has 1 fully saturated rings. The van der Waals surface area contributed by atoms with Gasteiger partial charge in [-0.25, -0.2) is 9.80 Å². The number of hydrogen-bond acceptors (Lipinski definition) is 6. The van der Waals surface area contributed by atoms with Crippen molar-refractivity contribution in [2.24, 2.45) is 0 Å². The first kappa shape index (κ1) is 19.5. The quantitative estimate of drug-likeness (QED) is 0.328. The minimum atomic E-state index is -1.39. The van der Waals surface area contributed by atoms with Crippen LogP contribution < -0.4 is 15.2 Å². The van der Waals surface area contributed by atoms with E-state index in [1.54, 1.807) is 30.3 Å². The van der Waals surface area contributed by atoms with Crippen LogP contribution in [0.3, 0.4) is 0 Å². The van der Waals surface area contributed by atoms with Crippen LogP contribution in [0.15, 0.2) is 54.1 Å². The lowest BCUT2D eigenvalue weighted by molar-refractivity contribution is -0.386. The van der Waals surface area contributed by atoms with E-state index in [0.717, 1.165) is 17.2 Å². The topological polar surface area (TPSA) is 139 Å². The number of para-hydroxylation sites is 2. The highest BCUT2D eigenvalue weighted by Crippen LogP contribution is 2.34. The standard InChI is InChI=1S/C19H15N3O7/c1-11(19(25)26)29-16-12(6-5-9-15(16)22(27)28)10-14-17(23)20-21(18(14)24)13-7-3-2-4-8-13/h2-11H,1H3,(H,20,23)(H,25,26). The summed E-state index contributed by atoms with van der Waals surface area (Å²) in [5.74, 6) is -3.04. The Labute approximate surface area is 164 Å². The molecule has 0 bridgehead atoms. The largest absolute Gasteiger partial charge is 0.479 e. The van der Waals surface area contributed by atoms with E-state index in [1.165, 1.54) is 19.1 Å². The lowest BCUT2D eigenvalue weighted by atomic mass is 10.1.